The number of benzene rings is 7. The van der Waals surface area contributed by atoms with Gasteiger partial charge in [-0.25, -0.2) is 0 Å². The predicted octanol–water partition coefficient (Wildman–Crippen LogP) is 13.9. The molecule has 0 saturated heterocycles. The molecule has 0 unspecified atom stereocenters. The van der Waals surface area contributed by atoms with Crippen molar-refractivity contribution in [1.29, 1.82) is 0 Å². The first-order chi connectivity index (χ1) is 28.9. The Morgan fingerprint density at radius 3 is 1.10 bits per heavy atom. The van der Waals surface area contributed by atoms with Crippen molar-refractivity contribution in [2.75, 3.05) is 0 Å². The molecule has 10 rings (SSSR count). The summed E-state index contributed by atoms with van der Waals surface area (Å²) in [5, 5.41) is 8.83. The quantitative estimate of drug-likeness (QED) is 0.151. The summed E-state index contributed by atoms with van der Waals surface area (Å²) >= 11 is 0. The highest BCUT2D eigenvalue weighted by molar-refractivity contribution is 7.23. The van der Waals surface area contributed by atoms with Gasteiger partial charge in [0.25, 0.3) is 0 Å². The van der Waals surface area contributed by atoms with Crippen LogP contribution in [0.2, 0.25) is 5.04 Å². The molecular formula is C56H44N2Si. The molecule has 1 aliphatic rings. The van der Waals surface area contributed by atoms with Crippen LogP contribution in [0.4, 0.5) is 0 Å². The van der Waals surface area contributed by atoms with Crippen molar-refractivity contribution >= 4 is 56.3 Å². The van der Waals surface area contributed by atoms with Gasteiger partial charge in [0.05, 0.1) is 11.4 Å². The maximum Gasteiger partial charge on any atom is 0.156 e. The van der Waals surface area contributed by atoms with Crippen molar-refractivity contribution in [1.82, 2.24) is 9.97 Å². The number of rotatable bonds is 7. The van der Waals surface area contributed by atoms with E-state index in [0.717, 1.165) is 33.6 Å². The van der Waals surface area contributed by atoms with Gasteiger partial charge in [-0.2, -0.15) is 0 Å². The maximum absolute atomic E-state index is 5.29. The first-order valence-electron chi connectivity index (χ1n) is 20.5. The Hall–Kier alpha value is -6.94. The minimum Gasteiger partial charge on any atom is -0.256 e. The molecule has 1 aliphatic heterocycles. The number of hydrogen-bond acceptors (Lipinski definition) is 2. The molecule has 3 heteroatoms. The van der Waals surface area contributed by atoms with Crippen molar-refractivity contribution in [2.45, 2.75) is 25.8 Å². The van der Waals surface area contributed by atoms with Gasteiger partial charge in [-0.15, -0.1) is 0 Å². The van der Waals surface area contributed by atoms with E-state index >= 15 is 0 Å². The second-order valence-corrected chi connectivity index (χ2v) is 21.2. The summed E-state index contributed by atoms with van der Waals surface area (Å²) < 4.78 is 0. The summed E-state index contributed by atoms with van der Waals surface area (Å²) in [6, 6.07) is 72.8. The third kappa shape index (κ3) is 6.26. The van der Waals surface area contributed by atoms with Crippen LogP contribution in [0.15, 0.2) is 213 Å². The number of fused-ring (bicyclic) bond motifs is 2. The highest BCUT2D eigenvalue weighted by atomic mass is 28.3. The van der Waals surface area contributed by atoms with Crippen LogP contribution in [0.5, 0.6) is 0 Å². The number of pyridine rings is 2. The minimum absolute atomic E-state index is 0.191. The van der Waals surface area contributed by atoms with Gasteiger partial charge >= 0.3 is 0 Å². The van der Waals surface area contributed by atoms with Crippen LogP contribution in [0.1, 0.15) is 43.0 Å². The lowest BCUT2D eigenvalue weighted by Gasteiger charge is -2.45. The zero-order valence-electron chi connectivity index (χ0n) is 33.6. The molecular weight excluding hydrogens is 729 g/mol. The van der Waals surface area contributed by atoms with Crippen LogP contribution in [0.25, 0.3) is 65.6 Å². The summed E-state index contributed by atoms with van der Waals surface area (Å²) in [6.07, 6.45) is 4.29. The van der Waals surface area contributed by atoms with Crippen LogP contribution >= 0.6 is 0 Å². The third-order valence-corrected chi connectivity index (χ3v) is 18.2. The van der Waals surface area contributed by atoms with Gasteiger partial charge < -0.3 is 0 Å². The molecule has 3 heterocycles. The van der Waals surface area contributed by atoms with Crippen LogP contribution in [0.3, 0.4) is 0 Å². The highest BCUT2D eigenvalue weighted by Gasteiger charge is 2.58. The summed E-state index contributed by atoms with van der Waals surface area (Å²) in [6.45, 7) is 7.36. The standard InChI is InChI=1S/C56H44N2Si/c1-56(2,3)59(49-25-11-6-12-26-49)54(47-31-33-50(57-37-47)45-29-27-39-17-13-15-23-43(39)35-45)52(41-19-7-4-8-20-41)53(42-21-9-5-10-22-42)55(59)48-32-34-51(58-38-48)46-30-28-40-18-14-16-24-44(40)36-46/h4-38H,1-3H3. The molecule has 0 atom stereocenters. The fourth-order valence-electron chi connectivity index (χ4n) is 9.54. The van der Waals surface area contributed by atoms with Gasteiger partial charge in [0.15, 0.2) is 8.07 Å². The Balaban J connectivity index is 1.26. The lowest BCUT2D eigenvalue weighted by atomic mass is 9.89. The summed E-state index contributed by atoms with van der Waals surface area (Å²) in [7, 11) is -3.03. The number of aromatic nitrogens is 2. The average molecular weight is 773 g/mol. The van der Waals surface area contributed by atoms with Crippen LogP contribution < -0.4 is 5.19 Å². The van der Waals surface area contributed by atoms with Crippen LogP contribution in [0, 0.1) is 0 Å². The second kappa shape index (κ2) is 14.8. The Morgan fingerprint density at radius 1 is 0.339 bits per heavy atom. The fraction of sp³-hybridized carbons (Fsp3) is 0.0714. The summed E-state index contributed by atoms with van der Waals surface area (Å²) in [4.78, 5) is 10.6. The molecule has 2 nitrogen and oxygen atoms in total. The van der Waals surface area contributed by atoms with E-state index < -0.39 is 8.07 Å². The number of hydrogen-bond donors (Lipinski definition) is 0. The first kappa shape index (κ1) is 36.4. The SMILES string of the molecule is CC(C)(C)[Si]1(c2ccccc2)C(c2ccc(-c3ccc4ccccc4c3)nc2)=C(c2ccccc2)C(c2ccccc2)=C1c1ccc(-c2ccc3ccccc3c2)nc1. The molecule has 7 aromatic carbocycles. The van der Waals surface area contributed by atoms with E-state index in [-0.39, 0.29) is 5.04 Å². The Labute approximate surface area is 347 Å². The van der Waals surface area contributed by atoms with Crippen molar-refractivity contribution in [2.24, 2.45) is 0 Å². The molecule has 0 radical (unpaired) electrons. The molecule has 0 bridgehead atoms. The van der Waals surface area contributed by atoms with E-state index in [2.05, 4.69) is 233 Å². The van der Waals surface area contributed by atoms with Crippen LogP contribution in [-0.4, -0.2) is 18.0 Å². The smallest absolute Gasteiger partial charge is 0.156 e. The highest BCUT2D eigenvalue weighted by Crippen LogP contribution is 2.62. The molecule has 0 fully saturated rings. The summed E-state index contributed by atoms with van der Waals surface area (Å²) in [5.41, 5.74) is 11.4. The van der Waals surface area contributed by atoms with Crippen molar-refractivity contribution in [3.05, 3.63) is 235 Å². The monoisotopic (exact) mass is 772 g/mol. The second-order valence-electron chi connectivity index (χ2n) is 16.6. The Morgan fingerprint density at radius 2 is 0.712 bits per heavy atom. The minimum atomic E-state index is -3.03. The van der Waals surface area contributed by atoms with Gasteiger partial charge in [-0.1, -0.05) is 197 Å². The molecule has 0 N–H and O–H groups in total. The van der Waals surface area contributed by atoms with E-state index in [1.807, 2.05) is 0 Å². The lowest BCUT2D eigenvalue weighted by molar-refractivity contribution is 0.741. The van der Waals surface area contributed by atoms with E-state index in [9.17, 15) is 0 Å². The van der Waals surface area contributed by atoms with Gasteiger partial charge in [-0.05, 0) is 99.8 Å². The van der Waals surface area contributed by atoms with Crippen molar-refractivity contribution in [3.63, 3.8) is 0 Å². The van der Waals surface area contributed by atoms with Crippen molar-refractivity contribution < 1.29 is 0 Å². The number of nitrogens with zero attached hydrogens (tertiary/aromatic N) is 2. The maximum atomic E-state index is 5.29. The summed E-state index contributed by atoms with van der Waals surface area (Å²) in [5.74, 6) is 0. The topological polar surface area (TPSA) is 25.8 Å². The zero-order valence-corrected chi connectivity index (χ0v) is 34.6. The van der Waals surface area contributed by atoms with E-state index in [4.69, 9.17) is 9.97 Å². The van der Waals surface area contributed by atoms with E-state index in [0.29, 0.717) is 0 Å². The molecule has 0 aliphatic carbocycles. The first-order valence-corrected chi connectivity index (χ1v) is 22.5. The zero-order chi connectivity index (χ0) is 40.0. The Bertz CT molecular complexity index is 2850. The molecule has 0 spiro atoms. The molecule has 0 amide bonds. The predicted molar refractivity (Wildman–Crippen MR) is 252 cm³/mol. The van der Waals surface area contributed by atoms with Gasteiger partial charge in [0, 0.05) is 23.5 Å². The van der Waals surface area contributed by atoms with E-state index in [1.54, 1.807) is 0 Å². The normalized spacial score (nSPS) is 14.0. The van der Waals surface area contributed by atoms with Crippen LogP contribution in [-0.2, 0) is 0 Å². The Kier molecular flexibility index (Phi) is 9.11. The number of allylic oxidation sites excluding steroid dienone is 2. The van der Waals surface area contributed by atoms with Gasteiger partial charge in [-0.3, -0.25) is 9.97 Å². The third-order valence-electron chi connectivity index (χ3n) is 12.2. The average Bonchev–Trinajstić information content (AvgIpc) is 3.63. The molecule has 2 aromatic heterocycles. The van der Waals surface area contributed by atoms with Crippen molar-refractivity contribution in [3.8, 4) is 22.5 Å². The molecule has 0 saturated carbocycles. The fourth-order valence-corrected chi connectivity index (χ4v) is 15.9. The molecule has 59 heavy (non-hydrogen) atoms. The van der Waals surface area contributed by atoms with Gasteiger partial charge in [0.1, 0.15) is 0 Å². The van der Waals surface area contributed by atoms with Gasteiger partial charge in [0.2, 0.25) is 0 Å². The van der Waals surface area contributed by atoms with E-state index in [1.165, 1.54) is 59.4 Å². The largest absolute Gasteiger partial charge is 0.256 e. The molecule has 282 valence electrons. The lowest BCUT2D eigenvalue weighted by Crippen LogP contribution is -2.56. The molecule has 9 aromatic rings.